The van der Waals surface area contributed by atoms with E-state index in [4.69, 9.17) is 9.47 Å². The van der Waals surface area contributed by atoms with Crippen LogP contribution in [0.4, 0.5) is 0 Å². The van der Waals surface area contributed by atoms with E-state index in [0.29, 0.717) is 23.9 Å². The lowest BCUT2D eigenvalue weighted by atomic mass is 10.2. The summed E-state index contributed by atoms with van der Waals surface area (Å²) in [5.41, 5.74) is 1.88. The van der Waals surface area contributed by atoms with E-state index in [1.54, 1.807) is 7.11 Å². The highest BCUT2D eigenvalue weighted by Crippen LogP contribution is 2.31. The minimum atomic E-state index is 0.571. The average Bonchev–Trinajstić information content (AvgIpc) is 3.06. The zero-order valence-corrected chi connectivity index (χ0v) is 15.0. The number of nitrogens with one attached hydrogen (secondary N) is 1. The SMILES string of the molecule is CCOc1cc(-c2n[nH]c(-c3ccc(I)cc3)n2)ccc1OC. The van der Waals surface area contributed by atoms with E-state index >= 15 is 0 Å². The molecule has 0 spiro atoms. The van der Waals surface area contributed by atoms with Crippen molar-refractivity contribution in [3.63, 3.8) is 0 Å². The molecule has 3 aromatic rings. The van der Waals surface area contributed by atoms with Crippen molar-refractivity contribution in [2.24, 2.45) is 0 Å². The van der Waals surface area contributed by atoms with Crippen molar-refractivity contribution >= 4 is 22.6 Å². The van der Waals surface area contributed by atoms with Gasteiger partial charge in [-0.2, -0.15) is 5.10 Å². The summed E-state index contributed by atoms with van der Waals surface area (Å²) in [6.07, 6.45) is 0. The topological polar surface area (TPSA) is 60.0 Å². The van der Waals surface area contributed by atoms with E-state index in [-0.39, 0.29) is 0 Å². The first-order chi connectivity index (χ1) is 11.2. The molecule has 6 heteroatoms. The standard InChI is InChI=1S/C17H16IN3O2/c1-3-23-15-10-12(6-9-14(15)22-2)17-19-16(20-21-17)11-4-7-13(18)8-5-11/h4-10H,3H2,1-2H3,(H,19,20,21). The Balaban J connectivity index is 1.93. The fraction of sp³-hybridized carbons (Fsp3) is 0.176. The van der Waals surface area contributed by atoms with Crippen LogP contribution >= 0.6 is 22.6 Å². The molecule has 1 heterocycles. The van der Waals surface area contributed by atoms with Crippen molar-refractivity contribution in [1.29, 1.82) is 0 Å². The van der Waals surface area contributed by atoms with Crippen molar-refractivity contribution in [2.75, 3.05) is 13.7 Å². The van der Waals surface area contributed by atoms with E-state index < -0.39 is 0 Å². The van der Waals surface area contributed by atoms with E-state index in [1.165, 1.54) is 3.57 Å². The first-order valence-electron chi connectivity index (χ1n) is 7.21. The van der Waals surface area contributed by atoms with Crippen molar-refractivity contribution in [3.05, 3.63) is 46.0 Å². The fourth-order valence-electron chi connectivity index (χ4n) is 2.21. The van der Waals surface area contributed by atoms with E-state index in [9.17, 15) is 0 Å². The summed E-state index contributed by atoms with van der Waals surface area (Å²) in [7, 11) is 1.62. The summed E-state index contributed by atoms with van der Waals surface area (Å²) < 4.78 is 12.1. The number of nitrogens with zero attached hydrogens (tertiary/aromatic N) is 2. The monoisotopic (exact) mass is 421 g/mol. The second kappa shape index (κ2) is 6.99. The smallest absolute Gasteiger partial charge is 0.181 e. The number of hydrogen-bond acceptors (Lipinski definition) is 4. The Labute approximate surface area is 148 Å². The Morgan fingerprint density at radius 2 is 1.78 bits per heavy atom. The second-order valence-corrected chi connectivity index (χ2v) is 6.06. The van der Waals surface area contributed by atoms with Gasteiger partial charge in [0.25, 0.3) is 0 Å². The highest BCUT2D eigenvalue weighted by Gasteiger charge is 2.11. The quantitative estimate of drug-likeness (QED) is 0.629. The van der Waals surface area contributed by atoms with Crippen molar-refractivity contribution in [2.45, 2.75) is 6.92 Å². The molecule has 23 heavy (non-hydrogen) atoms. The molecule has 0 unspecified atom stereocenters. The van der Waals surface area contributed by atoms with Gasteiger partial charge in [0.1, 0.15) is 0 Å². The molecule has 0 aliphatic carbocycles. The third-order valence-electron chi connectivity index (χ3n) is 3.32. The number of benzene rings is 2. The van der Waals surface area contributed by atoms with Crippen LogP contribution in [0.3, 0.4) is 0 Å². The Morgan fingerprint density at radius 1 is 1.04 bits per heavy atom. The second-order valence-electron chi connectivity index (χ2n) is 4.81. The Bertz CT molecular complexity index is 800. The lowest BCUT2D eigenvalue weighted by Crippen LogP contribution is -1.96. The van der Waals surface area contributed by atoms with Gasteiger partial charge in [0, 0.05) is 14.7 Å². The molecule has 0 amide bonds. The summed E-state index contributed by atoms with van der Waals surface area (Å²) in [6.45, 7) is 2.51. The summed E-state index contributed by atoms with van der Waals surface area (Å²) in [4.78, 5) is 4.57. The highest BCUT2D eigenvalue weighted by atomic mass is 127. The number of halogens is 1. The molecule has 0 saturated heterocycles. The van der Waals surface area contributed by atoms with Crippen LogP contribution in [0.25, 0.3) is 22.8 Å². The highest BCUT2D eigenvalue weighted by molar-refractivity contribution is 14.1. The maximum absolute atomic E-state index is 5.60. The zero-order chi connectivity index (χ0) is 16.2. The van der Waals surface area contributed by atoms with Crippen LogP contribution in [0, 0.1) is 3.57 Å². The normalized spacial score (nSPS) is 10.6. The Morgan fingerprint density at radius 3 is 2.48 bits per heavy atom. The number of hydrogen-bond donors (Lipinski definition) is 1. The van der Waals surface area contributed by atoms with Crippen LogP contribution in [0.15, 0.2) is 42.5 Å². The fourth-order valence-corrected chi connectivity index (χ4v) is 2.57. The number of H-pyrrole nitrogens is 1. The molecular weight excluding hydrogens is 405 g/mol. The van der Waals surface area contributed by atoms with Crippen LogP contribution in [0.1, 0.15) is 6.92 Å². The molecule has 1 aromatic heterocycles. The summed E-state index contributed by atoms with van der Waals surface area (Å²) in [5, 5.41) is 7.29. The Kier molecular flexibility index (Phi) is 4.80. The largest absolute Gasteiger partial charge is 0.493 e. The maximum Gasteiger partial charge on any atom is 0.181 e. The van der Waals surface area contributed by atoms with E-state index in [2.05, 4.69) is 37.8 Å². The first kappa shape index (κ1) is 15.8. The molecule has 0 bridgehead atoms. The van der Waals surface area contributed by atoms with Crippen LogP contribution in [-0.4, -0.2) is 28.9 Å². The maximum atomic E-state index is 5.60. The summed E-state index contributed by atoms with van der Waals surface area (Å²) in [6, 6.07) is 13.8. The molecule has 0 atom stereocenters. The molecular formula is C17H16IN3O2. The van der Waals surface area contributed by atoms with Gasteiger partial charge in [-0.3, -0.25) is 5.10 Å². The van der Waals surface area contributed by atoms with Crippen molar-refractivity contribution < 1.29 is 9.47 Å². The zero-order valence-electron chi connectivity index (χ0n) is 12.8. The summed E-state index contributed by atoms with van der Waals surface area (Å²) >= 11 is 2.28. The number of ether oxygens (including phenoxy) is 2. The van der Waals surface area contributed by atoms with Gasteiger partial charge in [0.15, 0.2) is 23.1 Å². The molecule has 0 aliphatic rings. The molecule has 2 aromatic carbocycles. The van der Waals surface area contributed by atoms with Crippen molar-refractivity contribution in [1.82, 2.24) is 15.2 Å². The van der Waals surface area contributed by atoms with Gasteiger partial charge in [0.05, 0.1) is 13.7 Å². The third kappa shape index (κ3) is 3.47. The predicted molar refractivity (Wildman–Crippen MR) is 97.7 cm³/mol. The lowest BCUT2D eigenvalue weighted by molar-refractivity contribution is 0.311. The van der Waals surface area contributed by atoms with Gasteiger partial charge in [0.2, 0.25) is 0 Å². The predicted octanol–water partition coefficient (Wildman–Crippen LogP) is 4.15. The van der Waals surface area contributed by atoms with Crippen LogP contribution in [0.5, 0.6) is 11.5 Å². The van der Waals surface area contributed by atoms with Gasteiger partial charge in [-0.05, 0) is 59.8 Å². The molecule has 0 saturated carbocycles. The molecule has 118 valence electrons. The molecule has 0 radical (unpaired) electrons. The minimum absolute atomic E-state index is 0.571. The molecule has 1 N–H and O–H groups in total. The number of methoxy groups -OCH3 is 1. The van der Waals surface area contributed by atoms with Gasteiger partial charge < -0.3 is 9.47 Å². The van der Waals surface area contributed by atoms with Gasteiger partial charge in [-0.1, -0.05) is 12.1 Å². The van der Waals surface area contributed by atoms with Crippen LogP contribution in [-0.2, 0) is 0 Å². The number of aromatic nitrogens is 3. The third-order valence-corrected chi connectivity index (χ3v) is 4.04. The molecule has 0 aliphatic heterocycles. The van der Waals surface area contributed by atoms with Gasteiger partial charge in [-0.15, -0.1) is 0 Å². The van der Waals surface area contributed by atoms with Crippen LogP contribution in [0.2, 0.25) is 0 Å². The first-order valence-corrected chi connectivity index (χ1v) is 8.28. The molecule has 3 rings (SSSR count). The summed E-state index contributed by atoms with van der Waals surface area (Å²) in [5.74, 6) is 2.75. The van der Waals surface area contributed by atoms with E-state index in [0.717, 1.165) is 17.0 Å². The van der Waals surface area contributed by atoms with Crippen molar-refractivity contribution in [3.8, 4) is 34.3 Å². The van der Waals surface area contributed by atoms with Crippen LogP contribution < -0.4 is 9.47 Å². The Hall–Kier alpha value is -2.09. The average molecular weight is 421 g/mol. The lowest BCUT2D eigenvalue weighted by Gasteiger charge is -2.09. The minimum Gasteiger partial charge on any atom is -0.493 e. The number of rotatable bonds is 5. The molecule has 0 fully saturated rings. The number of aromatic amines is 1. The van der Waals surface area contributed by atoms with Gasteiger partial charge in [-0.25, -0.2) is 4.98 Å². The van der Waals surface area contributed by atoms with Gasteiger partial charge >= 0.3 is 0 Å². The molecule has 5 nitrogen and oxygen atoms in total. The van der Waals surface area contributed by atoms with E-state index in [1.807, 2.05) is 49.4 Å².